The van der Waals surface area contributed by atoms with E-state index in [1.54, 1.807) is 6.07 Å². The summed E-state index contributed by atoms with van der Waals surface area (Å²) in [6, 6.07) is 10.7. The molecule has 148 valence electrons. The Kier molecular flexibility index (Phi) is 6.18. The Balaban J connectivity index is 2.40. The van der Waals surface area contributed by atoms with Gasteiger partial charge in [-0.05, 0) is 29.7 Å². The van der Waals surface area contributed by atoms with Gasteiger partial charge in [-0.2, -0.15) is 13.2 Å². The third-order valence-electron chi connectivity index (χ3n) is 4.16. The van der Waals surface area contributed by atoms with Crippen molar-refractivity contribution < 1.29 is 31.4 Å². The lowest BCUT2D eigenvalue weighted by Crippen LogP contribution is -2.51. The summed E-state index contributed by atoms with van der Waals surface area (Å²) >= 11 is 0. The molecule has 0 radical (unpaired) electrons. The number of ether oxygens (including phenoxy) is 1. The molecule has 1 atom stereocenters. The highest BCUT2D eigenvalue weighted by Gasteiger charge is 2.55. The van der Waals surface area contributed by atoms with Crippen molar-refractivity contribution in [1.29, 1.82) is 0 Å². The van der Waals surface area contributed by atoms with Gasteiger partial charge in [0.2, 0.25) is 10.0 Å². The standard InChI is InChI=1S/C18H20F3NO4S/c1-3-13-9-10-15(26-2)16(11-13)27(24,25)22-12-17(23,18(19,20)21)14-7-5-4-6-8-14/h4-11,22-23H,3,12H2,1-2H3. The van der Waals surface area contributed by atoms with Crippen molar-refractivity contribution in [3.63, 3.8) is 0 Å². The second-order valence-electron chi connectivity index (χ2n) is 5.89. The van der Waals surface area contributed by atoms with Crippen LogP contribution >= 0.6 is 0 Å². The van der Waals surface area contributed by atoms with Gasteiger partial charge in [0.1, 0.15) is 10.6 Å². The average Bonchev–Trinajstić information content (AvgIpc) is 2.65. The summed E-state index contributed by atoms with van der Waals surface area (Å²) < 4.78 is 72.7. The average molecular weight is 403 g/mol. The molecule has 0 spiro atoms. The fourth-order valence-corrected chi connectivity index (χ4v) is 3.79. The van der Waals surface area contributed by atoms with Crippen molar-refractivity contribution in [3.8, 4) is 5.75 Å². The van der Waals surface area contributed by atoms with Gasteiger partial charge in [-0.15, -0.1) is 0 Å². The van der Waals surface area contributed by atoms with Crippen molar-refractivity contribution in [2.45, 2.75) is 30.0 Å². The summed E-state index contributed by atoms with van der Waals surface area (Å²) in [6.45, 7) is 0.534. The Bertz CT molecular complexity index is 885. The minimum Gasteiger partial charge on any atom is -0.495 e. The van der Waals surface area contributed by atoms with Crippen LogP contribution in [0, 0.1) is 0 Å². The maximum absolute atomic E-state index is 13.5. The van der Waals surface area contributed by atoms with E-state index in [1.165, 1.54) is 37.4 Å². The summed E-state index contributed by atoms with van der Waals surface area (Å²) in [5.41, 5.74) is -3.17. The van der Waals surface area contributed by atoms with Crippen LogP contribution in [-0.4, -0.2) is 33.4 Å². The molecule has 1 unspecified atom stereocenters. The first-order valence-corrected chi connectivity index (χ1v) is 9.54. The monoisotopic (exact) mass is 403 g/mol. The van der Waals surface area contributed by atoms with Gasteiger partial charge in [0.25, 0.3) is 0 Å². The van der Waals surface area contributed by atoms with Crippen LogP contribution in [0.3, 0.4) is 0 Å². The molecule has 2 rings (SSSR count). The largest absolute Gasteiger partial charge is 0.495 e. The summed E-state index contributed by atoms with van der Waals surface area (Å²) in [5, 5.41) is 10.3. The van der Waals surface area contributed by atoms with Gasteiger partial charge >= 0.3 is 6.18 Å². The predicted octanol–water partition coefficient (Wildman–Crippen LogP) is 2.99. The highest BCUT2D eigenvalue weighted by molar-refractivity contribution is 7.89. The lowest BCUT2D eigenvalue weighted by Gasteiger charge is -2.31. The molecule has 9 heteroatoms. The van der Waals surface area contributed by atoms with E-state index in [-0.39, 0.29) is 10.6 Å². The Morgan fingerprint density at radius 3 is 2.26 bits per heavy atom. The van der Waals surface area contributed by atoms with E-state index in [0.29, 0.717) is 12.0 Å². The number of aliphatic hydroxyl groups is 1. The van der Waals surface area contributed by atoms with E-state index in [4.69, 9.17) is 4.74 Å². The van der Waals surface area contributed by atoms with Gasteiger partial charge in [0.15, 0.2) is 5.60 Å². The Morgan fingerprint density at radius 2 is 1.74 bits per heavy atom. The Morgan fingerprint density at radius 1 is 1.11 bits per heavy atom. The number of hydrogen-bond acceptors (Lipinski definition) is 4. The molecule has 5 nitrogen and oxygen atoms in total. The summed E-state index contributed by atoms with van der Waals surface area (Å²) in [6.07, 6.45) is -4.56. The summed E-state index contributed by atoms with van der Waals surface area (Å²) in [7, 11) is -3.11. The van der Waals surface area contributed by atoms with E-state index in [2.05, 4.69) is 0 Å². The van der Waals surface area contributed by atoms with Crippen LogP contribution < -0.4 is 9.46 Å². The minimum atomic E-state index is -5.09. The molecule has 0 fully saturated rings. The number of halogens is 3. The van der Waals surface area contributed by atoms with Crippen molar-refractivity contribution in [2.24, 2.45) is 0 Å². The van der Waals surface area contributed by atoms with Crippen LogP contribution in [0.5, 0.6) is 5.75 Å². The zero-order chi connectivity index (χ0) is 20.3. The van der Waals surface area contributed by atoms with E-state index in [9.17, 15) is 26.7 Å². The van der Waals surface area contributed by atoms with E-state index in [1.807, 2.05) is 11.6 Å². The number of sulfonamides is 1. The second kappa shape index (κ2) is 7.87. The SMILES string of the molecule is CCc1ccc(OC)c(S(=O)(=O)NCC(O)(c2ccccc2)C(F)(F)F)c1. The van der Waals surface area contributed by atoms with E-state index >= 15 is 0 Å². The first kappa shape index (κ1) is 21.2. The fourth-order valence-electron chi connectivity index (χ4n) is 2.51. The molecule has 0 heterocycles. The van der Waals surface area contributed by atoms with Crippen molar-refractivity contribution in [1.82, 2.24) is 4.72 Å². The topological polar surface area (TPSA) is 75.6 Å². The maximum atomic E-state index is 13.5. The number of aryl methyl sites for hydroxylation is 1. The number of alkyl halides is 3. The van der Waals surface area contributed by atoms with Gasteiger partial charge in [-0.1, -0.05) is 43.3 Å². The molecular weight excluding hydrogens is 383 g/mol. The quantitative estimate of drug-likeness (QED) is 0.745. The molecule has 2 N–H and O–H groups in total. The molecule has 0 aliphatic carbocycles. The van der Waals surface area contributed by atoms with Crippen LogP contribution in [0.2, 0.25) is 0 Å². The molecule has 0 saturated carbocycles. The van der Waals surface area contributed by atoms with Crippen molar-refractivity contribution >= 4 is 10.0 Å². The maximum Gasteiger partial charge on any atom is 0.422 e. The molecular formula is C18H20F3NO4S. The third kappa shape index (κ3) is 4.42. The summed E-state index contributed by atoms with van der Waals surface area (Å²) in [4.78, 5) is -0.290. The zero-order valence-corrected chi connectivity index (χ0v) is 15.6. The van der Waals surface area contributed by atoms with Crippen molar-refractivity contribution in [3.05, 3.63) is 59.7 Å². The highest BCUT2D eigenvalue weighted by Crippen LogP contribution is 2.39. The molecule has 0 saturated heterocycles. The van der Waals surface area contributed by atoms with Crippen LogP contribution in [0.25, 0.3) is 0 Å². The normalized spacial score (nSPS) is 14.6. The predicted molar refractivity (Wildman–Crippen MR) is 94.0 cm³/mol. The second-order valence-corrected chi connectivity index (χ2v) is 7.62. The van der Waals surface area contributed by atoms with E-state index in [0.717, 1.165) is 12.1 Å². The zero-order valence-electron chi connectivity index (χ0n) is 14.7. The molecule has 2 aromatic rings. The molecule has 27 heavy (non-hydrogen) atoms. The molecule has 0 amide bonds. The Labute approximate surface area is 155 Å². The lowest BCUT2D eigenvalue weighted by atomic mass is 9.93. The number of hydrogen-bond donors (Lipinski definition) is 2. The van der Waals surface area contributed by atoms with Crippen LogP contribution in [0.1, 0.15) is 18.1 Å². The smallest absolute Gasteiger partial charge is 0.422 e. The molecule has 0 aliphatic heterocycles. The number of nitrogens with one attached hydrogen (secondary N) is 1. The van der Waals surface area contributed by atoms with Crippen LogP contribution in [-0.2, 0) is 22.0 Å². The van der Waals surface area contributed by atoms with Gasteiger partial charge < -0.3 is 9.84 Å². The fraction of sp³-hybridized carbons (Fsp3) is 0.333. The molecule has 2 aromatic carbocycles. The van der Waals surface area contributed by atoms with Gasteiger partial charge in [0.05, 0.1) is 13.7 Å². The third-order valence-corrected chi connectivity index (χ3v) is 5.59. The number of rotatable bonds is 7. The minimum absolute atomic E-state index is 0.00467. The first-order valence-electron chi connectivity index (χ1n) is 8.06. The Hall–Kier alpha value is -2.10. The molecule has 0 aliphatic rings. The van der Waals surface area contributed by atoms with Crippen LogP contribution in [0.4, 0.5) is 13.2 Å². The highest BCUT2D eigenvalue weighted by atomic mass is 32.2. The molecule has 0 bridgehead atoms. The number of benzene rings is 2. The summed E-state index contributed by atoms with van der Waals surface area (Å²) in [5.74, 6) is -0.00467. The van der Waals surface area contributed by atoms with Gasteiger partial charge in [-0.3, -0.25) is 0 Å². The molecule has 0 aromatic heterocycles. The van der Waals surface area contributed by atoms with Gasteiger partial charge in [0, 0.05) is 0 Å². The van der Waals surface area contributed by atoms with Crippen LogP contribution in [0.15, 0.2) is 53.4 Å². The van der Waals surface area contributed by atoms with E-state index < -0.39 is 33.9 Å². The first-order chi connectivity index (χ1) is 12.5. The number of methoxy groups -OCH3 is 1. The van der Waals surface area contributed by atoms with Crippen molar-refractivity contribution in [2.75, 3.05) is 13.7 Å². The lowest BCUT2D eigenvalue weighted by molar-refractivity contribution is -0.263. The van der Waals surface area contributed by atoms with Gasteiger partial charge in [-0.25, -0.2) is 13.1 Å².